The molecule has 1 saturated carbocycles. The van der Waals surface area contributed by atoms with Gasteiger partial charge in [0, 0.05) is 6.04 Å². The molecule has 0 aliphatic heterocycles. The molecule has 1 aliphatic carbocycles. The highest BCUT2D eigenvalue weighted by Gasteiger charge is 2.42. The second kappa shape index (κ2) is 3.86. The van der Waals surface area contributed by atoms with Crippen molar-refractivity contribution >= 4 is 0 Å². The molecule has 1 aliphatic rings. The first kappa shape index (κ1) is 10.5. The smallest absolute Gasteiger partial charge is 0.119 e. The summed E-state index contributed by atoms with van der Waals surface area (Å²) in [4.78, 5) is 0. The van der Waals surface area contributed by atoms with E-state index in [0.29, 0.717) is 5.41 Å². The Morgan fingerprint density at radius 3 is 2.80 bits per heavy atom. The maximum Gasteiger partial charge on any atom is 0.119 e. The van der Waals surface area contributed by atoms with Crippen molar-refractivity contribution in [2.24, 2.45) is 11.1 Å². The maximum atomic E-state index is 6.20. The van der Waals surface area contributed by atoms with E-state index in [4.69, 9.17) is 10.5 Å². The lowest BCUT2D eigenvalue weighted by Gasteiger charge is -2.18. The van der Waals surface area contributed by atoms with Crippen molar-refractivity contribution in [3.05, 3.63) is 29.8 Å². The van der Waals surface area contributed by atoms with Gasteiger partial charge in [0.15, 0.2) is 0 Å². The fraction of sp³-hybridized carbons (Fsp3) is 0.538. The van der Waals surface area contributed by atoms with Crippen LogP contribution >= 0.6 is 0 Å². The summed E-state index contributed by atoms with van der Waals surface area (Å²) < 4.78 is 5.20. The molecule has 1 fully saturated rings. The van der Waals surface area contributed by atoms with E-state index in [1.807, 2.05) is 12.1 Å². The maximum absolute atomic E-state index is 6.20. The molecule has 0 saturated heterocycles. The van der Waals surface area contributed by atoms with Crippen molar-refractivity contribution in [1.29, 1.82) is 0 Å². The summed E-state index contributed by atoms with van der Waals surface area (Å²) in [7, 11) is 1.70. The van der Waals surface area contributed by atoms with Gasteiger partial charge >= 0.3 is 0 Å². The molecule has 1 unspecified atom stereocenters. The third-order valence-electron chi connectivity index (χ3n) is 3.52. The molecule has 0 bridgehead atoms. The van der Waals surface area contributed by atoms with Crippen LogP contribution in [-0.4, -0.2) is 13.2 Å². The second-order valence-electron chi connectivity index (χ2n) is 4.82. The summed E-state index contributed by atoms with van der Waals surface area (Å²) in [6.07, 6.45) is 3.50. The van der Waals surface area contributed by atoms with E-state index in [1.54, 1.807) is 7.11 Å². The molecule has 0 heterocycles. The van der Waals surface area contributed by atoms with Crippen molar-refractivity contribution in [3.8, 4) is 5.75 Å². The predicted molar refractivity (Wildman–Crippen MR) is 62.0 cm³/mol. The summed E-state index contributed by atoms with van der Waals surface area (Å²) in [6.45, 7) is 2.28. The predicted octanol–water partition coefficient (Wildman–Crippen LogP) is 2.37. The Balaban J connectivity index is 2.03. The normalized spacial score (nSPS) is 19.7. The van der Waals surface area contributed by atoms with E-state index in [2.05, 4.69) is 19.1 Å². The van der Waals surface area contributed by atoms with Gasteiger partial charge in [-0.1, -0.05) is 19.1 Å². The van der Waals surface area contributed by atoms with Gasteiger partial charge in [-0.25, -0.2) is 0 Å². The molecule has 0 aromatic heterocycles. The Bertz CT molecular complexity index is 344. The lowest BCUT2D eigenvalue weighted by Crippen LogP contribution is -2.31. The van der Waals surface area contributed by atoms with E-state index >= 15 is 0 Å². The highest BCUT2D eigenvalue weighted by molar-refractivity contribution is 5.29. The lowest BCUT2D eigenvalue weighted by molar-refractivity contribution is 0.411. The van der Waals surface area contributed by atoms with Crippen LogP contribution in [0.2, 0.25) is 0 Å². The average Bonchev–Trinajstić information content (AvgIpc) is 2.98. The molecule has 2 rings (SSSR count). The Morgan fingerprint density at radius 2 is 2.20 bits per heavy atom. The minimum Gasteiger partial charge on any atom is -0.497 e. The van der Waals surface area contributed by atoms with Gasteiger partial charge in [-0.05, 0) is 42.4 Å². The standard InChI is InChI=1S/C13H19NO/c1-13(6-7-13)12(14)9-10-4-3-5-11(8-10)15-2/h3-5,8,12H,6-7,9,14H2,1-2H3. The average molecular weight is 205 g/mol. The number of rotatable bonds is 4. The number of nitrogens with two attached hydrogens (primary N) is 1. The molecule has 1 aromatic rings. The molecular weight excluding hydrogens is 186 g/mol. The van der Waals surface area contributed by atoms with Gasteiger partial charge in [0.1, 0.15) is 5.75 Å². The van der Waals surface area contributed by atoms with Gasteiger partial charge in [0.25, 0.3) is 0 Å². The van der Waals surface area contributed by atoms with Crippen LogP contribution in [-0.2, 0) is 6.42 Å². The molecule has 2 heteroatoms. The van der Waals surface area contributed by atoms with Gasteiger partial charge in [-0.3, -0.25) is 0 Å². The van der Waals surface area contributed by atoms with E-state index in [1.165, 1.54) is 18.4 Å². The van der Waals surface area contributed by atoms with Gasteiger partial charge in [0.05, 0.1) is 7.11 Å². The third kappa shape index (κ3) is 2.32. The Kier molecular flexibility index (Phi) is 2.70. The first-order valence-electron chi connectivity index (χ1n) is 5.52. The number of benzene rings is 1. The van der Waals surface area contributed by atoms with Crippen LogP contribution in [0.15, 0.2) is 24.3 Å². The number of hydrogen-bond donors (Lipinski definition) is 1. The molecule has 2 nitrogen and oxygen atoms in total. The number of ether oxygens (including phenoxy) is 1. The quantitative estimate of drug-likeness (QED) is 0.819. The zero-order valence-electron chi connectivity index (χ0n) is 9.49. The van der Waals surface area contributed by atoms with Crippen LogP contribution < -0.4 is 10.5 Å². The second-order valence-corrected chi connectivity index (χ2v) is 4.82. The summed E-state index contributed by atoms with van der Waals surface area (Å²) in [5.41, 5.74) is 7.86. The molecule has 1 atom stereocenters. The zero-order valence-corrected chi connectivity index (χ0v) is 9.49. The highest BCUT2D eigenvalue weighted by atomic mass is 16.5. The molecular formula is C13H19NO. The third-order valence-corrected chi connectivity index (χ3v) is 3.52. The van der Waals surface area contributed by atoms with Crippen molar-refractivity contribution in [2.45, 2.75) is 32.2 Å². The first-order valence-corrected chi connectivity index (χ1v) is 5.52. The topological polar surface area (TPSA) is 35.2 Å². The van der Waals surface area contributed by atoms with Crippen LogP contribution in [0.3, 0.4) is 0 Å². The Labute approximate surface area is 91.4 Å². The first-order chi connectivity index (χ1) is 7.14. The molecule has 1 aromatic carbocycles. The van der Waals surface area contributed by atoms with Crippen molar-refractivity contribution in [2.75, 3.05) is 7.11 Å². The van der Waals surface area contributed by atoms with E-state index < -0.39 is 0 Å². The van der Waals surface area contributed by atoms with Gasteiger partial charge < -0.3 is 10.5 Å². The summed E-state index contributed by atoms with van der Waals surface area (Å²) in [5.74, 6) is 0.917. The van der Waals surface area contributed by atoms with Crippen molar-refractivity contribution in [3.63, 3.8) is 0 Å². The largest absolute Gasteiger partial charge is 0.497 e. The molecule has 82 valence electrons. The minimum absolute atomic E-state index is 0.282. The fourth-order valence-corrected chi connectivity index (χ4v) is 1.87. The molecule has 2 N–H and O–H groups in total. The number of methoxy groups -OCH3 is 1. The summed E-state index contributed by atoms with van der Waals surface area (Å²) >= 11 is 0. The SMILES string of the molecule is COc1cccc(CC(N)C2(C)CC2)c1. The van der Waals surface area contributed by atoms with Crippen LogP contribution in [0.4, 0.5) is 0 Å². The van der Waals surface area contributed by atoms with E-state index in [9.17, 15) is 0 Å². The number of hydrogen-bond acceptors (Lipinski definition) is 2. The molecule has 0 spiro atoms. The summed E-state index contributed by atoms with van der Waals surface area (Å²) in [6, 6.07) is 8.47. The Hall–Kier alpha value is -1.02. The van der Waals surface area contributed by atoms with Crippen LogP contribution in [0.5, 0.6) is 5.75 Å². The monoisotopic (exact) mass is 205 g/mol. The van der Waals surface area contributed by atoms with Crippen LogP contribution in [0.1, 0.15) is 25.3 Å². The van der Waals surface area contributed by atoms with Gasteiger partial charge in [-0.2, -0.15) is 0 Å². The lowest BCUT2D eigenvalue weighted by atomic mass is 9.93. The summed E-state index contributed by atoms with van der Waals surface area (Å²) in [5, 5.41) is 0. The van der Waals surface area contributed by atoms with E-state index in [-0.39, 0.29) is 6.04 Å². The van der Waals surface area contributed by atoms with Crippen LogP contribution in [0.25, 0.3) is 0 Å². The van der Waals surface area contributed by atoms with Gasteiger partial charge in [-0.15, -0.1) is 0 Å². The fourth-order valence-electron chi connectivity index (χ4n) is 1.87. The van der Waals surface area contributed by atoms with Crippen molar-refractivity contribution in [1.82, 2.24) is 0 Å². The minimum atomic E-state index is 0.282. The Morgan fingerprint density at radius 1 is 1.47 bits per heavy atom. The molecule has 15 heavy (non-hydrogen) atoms. The molecule has 0 amide bonds. The van der Waals surface area contributed by atoms with Crippen LogP contribution in [0, 0.1) is 5.41 Å². The highest BCUT2D eigenvalue weighted by Crippen LogP contribution is 2.48. The van der Waals surface area contributed by atoms with E-state index in [0.717, 1.165) is 12.2 Å². The van der Waals surface area contributed by atoms with Crippen molar-refractivity contribution < 1.29 is 4.74 Å². The zero-order chi connectivity index (χ0) is 10.9. The van der Waals surface area contributed by atoms with Gasteiger partial charge in [0.2, 0.25) is 0 Å². The molecule has 0 radical (unpaired) electrons.